The summed E-state index contributed by atoms with van der Waals surface area (Å²) in [7, 11) is -2.88. The highest BCUT2D eigenvalue weighted by molar-refractivity contribution is 7.90. The molecule has 0 saturated heterocycles. The van der Waals surface area contributed by atoms with Crippen LogP contribution >= 0.6 is 0 Å². The van der Waals surface area contributed by atoms with Crippen LogP contribution in [0.25, 0.3) is 0 Å². The fourth-order valence-electron chi connectivity index (χ4n) is 0.740. The molecule has 10 heavy (non-hydrogen) atoms. The van der Waals surface area contributed by atoms with Gasteiger partial charge in [0.25, 0.3) is 0 Å². The van der Waals surface area contributed by atoms with Gasteiger partial charge in [0.15, 0.2) is 9.84 Å². The van der Waals surface area contributed by atoms with Gasteiger partial charge >= 0.3 is 0 Å². The van der Waals surface area contributed by atoms with Crippen LogP contribution in [0.4, 0.5) is 0 Å². The van der Waals surface area contributed by atoms with Crippen molar-refractivity contribution in [2.24, 2.45) is 0 Å². The average Bonchev–Trinajstić information content (AvgIpc) is 2.12. The molecule has 0 aromatic carbocycles. The Morgan fingerprint density at radius 1 is 1.60 bits per heavy atom. The Labute approximate surface area is 60.5 Å². The largest absolute Gasteiger partial charge is 0.229 e. The SMILES string of the molecule is CS(=O)(=O)CC1=C=CC=C1. The van der Waals surface area contributed by atoms with Crippen LogP contribution < -0.4 is 0 Å². The highest BCUT2D eigenvalue weighted by Gasteiger charge is 2.04. The second kappa shape index (κ2) is 2.45. The number of hydrogen-bond acceptors (Lipinski definition) is 2. The molecule has 0 aliphatic heterocycles. The highest BCUT2D eigenvalue weighted by Crippen LogP contribution is 2.03. The fraction of sp³-hybridized carbons (Fsp3) is 0.286. The minimum absolute atomic E-state index is 0.0972. The summed E-state index contributed by atoms with van der Waals surface area (Å²) in [6.07, 6.45) is 6.45. The van der Waals surface area contributed by atoms with E-state index in [1.165, 1.54) is 6.26 Å². The number of sulfone groups is 1. The lowest BCUT2D eigenvalue weighted by molar-refractivity contribution is 0.604. The molecule has 0 aromatic rings. The molecule has 0 N–H and O–H groups in total. The van der Waals surface area contributed by atoms with E-state index in [0.29, 0.717) is 0 Å². The molecule has 0 aromatic heterocycles. The molecular weight excluding hydrogens is 148 g/mol. The quantitative estimate of drug-likeness (QED) is 0.551. The van der Waals surface area contributed by atoms with Crippen molar-refractivity contribution < 1.29 is 8.42 Å². The lowest BCUT2D eigenvalue weighted by Gasteiger charge is -1.92. The number of allylic oxidation sites excluding steroid dienone is 2. The standard InChI is InChI=1S/C7H8O2S/c1-10(8,9)6-7-4-2-3-5-7/h2-4H,6H2,1H3. The van der Waals surface area contributed by atoms with E-state index in [-0.39, 0.29) is 5.75 Å². The van der Waals surface area contributed by atoms with E-state index in [0.717, 1.165) is 5.57 Å². The van der Waals surface area contributed by atoms with Crippen molar-refractivity contribution in [3.63, 3.8) is 0 Å². The molecule has 2 nitrogen and oxygen atoms in total. The summed E-state index contributed by atoms with van der Waals surface area (Å²) < 4.78 is 21.4. The van der Waals surface area contributed by atoms with Crippen LogP contribution in [0, 0.1) is 0 Å². The molecule has 0 atom stereocenters. The summed E-state index contributed by atoms with van der Waals surface area (Å²) in [6, 6.07) is 0. The van der Waals surface area contributed by atoms with Gasteiger partial charge in [-0.2, -0.15) is 0 Å². The maximum atomic E-state index is 10.7. The number of hydrogen-bond donors (Lipinski definition) is 0. The van der Waals surface area contributed by atoms with E-state index in [2.05, 4.69) is 5.73 Å². The van der Waals surface area contributed by atoms with E-state index in [4.69, 9.17) is 0 Å². The van der Waals surface area contributed by atoms with Gasteiger partial charge in [-0.3, -0.25) is 0 Å². The normalized spacial score (nSPS) is 15.9. The molecule has 0 fully saturated rings. The van der Waals surface area contributed by atoms with Gasteiger partial charge in [0.05, 0.1) is 5.75 Å². The summed E-state index contributed by atoms with van der Waals surface area (Å²) in [4.78, 5) is 0. The first-order valence-corrected chi connectivity index (χ1v) is 4.94. The third-order valence-corrected chi connectivity index (χ3v) is 1.92. The van der Waals surface area contributed by atoms with Gasteiger partial charge in [-0.1, -0.05) is 6.08 Å². The highest BCUT2D eigenvalue weighted by atomic mass is 32.2. The second-order valence-electron chi connectivity index (χ2n) is 2.27. The van der Waals surface area contributed by atoms with Crippen molar-refractivity contribution in [3.8, 4) is 0 Å². The minimum atomic E-state index is -2.88. The van der Waals surface area contributed by atoms with Gasteiger partial charge in [-0.15, -0.1) is 5.73 Å². The van der Waals surface area contributed by atoms with E-state index in [1.54, 1.807) is 18.2 Å². The fourth-order valence-corrected chi connectivity index (χ4v) is 1.48. The van der Waals surface area contributed by atoms with Crippen molar-refractivity contribution in [1.82, 2.24) is 0 Å². The van der Waals surface area contributed by atoms with Gasteiger partial charge in [0.2, 0.25) is 0 Å². The molecule has 3 heteroatoms. The third-order valence-electron chi connectivity index (χ3n) is 1.08. The first-order chi connectivity index (χ1) is 4.58. The monoisotopic (exact) mass is 156 g/mol. The summed E-state index contributed by atoms with van der Waals surface area (Å²) in [5.41, 5.74) is 3.55. The zero-order chi connectivity index (χ0) is 7.61. The van der Waals surface area contributed by atoms with Gasteiger partial charge in [0.1, 0.15) is 0 Å². The van der Waals surface area contributed by atoms with E-state index in [9.17, 15) is 8.42 Å². The molecule has 0 saturated carbocycles. The molecule has 54 valence electrons. The molecule has 0 heterocycles. The topological polar surface area (TPSA) is 34.1 Å². The van der Waals surface area contributed by atoms with Crippen LogP contribution in [0.5, 0.6) is 0 Å². The third kappa shape index (κ3) is 2.21. The van der Waals surface area contributed by atoms with E-state index >= 15 is 0 Å². The zero-order valence-corrected chi connectivity index (χ0v) is 6.48. The maximum Gasteiger partial charge on any atom is 0.152 e. The maximum absolute atomic E-state index is 10.7. The van der Waals surface area contributed by atoms with E-state index in [1.807, 2.05) is 0 Å². The van der Waals surface area contributed by atoms with Gasteiger partial charge in [-0.05, 0) is 12.2 Å². The predicted molar refractivity (Wildman–Crippen MR) is 40.4 cm³/mol. The average molecular weight is 156 g/mol. The molecule has 0 unspecified atom stereocenters. The van der Waals surface area contributed by atoms with Crippen molar-refractivity contribution in [2.45, 2.75) is 0 Å². The summed E-state index contributed by atoms with van der Waals surface area (Å²) in [5, 5.41) is 0. The van der Waals surface area contributed by atoms with Crippen molar-refractivity contribution in [1.29, 1.82) is 0 Å². The molecule has 0 spiro atoms. The zero-order valence-electron chi connectivity index (χ0n) is 5.66. The smallest absolute Gasteiger partial charge is 0.152 e. The molecule has 0 radical (unpaired) electrons. The molecule has 0 bridgehead atoms. The van der Waals surface area contributed by atoms with E-state index < -0.39 is 9.84 Å². The Balaban J connectivity index is 2.74. The minimum Gasteiger partial charge on any atom is -0.229 e. The molecular formula is C7H8O2S. The van der Waals surface area contributed by atoms with Gasteiger partial charge < -0.3 is 0 Å². The van der Waals surface area contributed by atoms with Crippen LogP contribution in [0.1, 0.15) is 0 Å². The van der Waals surface area contributed by atoms with Crippen molar-refractivity contribution in [3.05, 3.63) is 29.5 Å². The van der Waals surface area contributed by atoms with Gasteiger partial charge in [0, 0.05) is 11.8 Å². The lowest BCUT2D eigenvalue weighted by Crippen LogP contribution is -2.03. The Bertz CT molecular complexity index is 314. The van der Waals surface area contributed by atoms with Gasteiger partial charge in [-0.25, -0.2) is 8.42 Å². The number of rotatable bonds is 2. The van der Waals surface area contributed by atoms with Crippen LogP contribution in [0.3, 0.4) is 0 Å². The van der Waals surface area contributed by atoms with Crippen molar-refractivity contribution >= 4 is 9.84 Å². The molecule has 0 amide bonds. The Kier molecular flexibility index (Phi) is 1.79. The predicted octanol–water partition coefficient (Wildman–Crippen LogP) is 0.682. The summed E-state index contributed by atoms with van der Waals surface area (Å²) >= 11 is 0. The van der Waals surface area contributed by atoms with Crippen LogP contribution in [-0.2, 0) is 9.84 Å². The second-order valence-corrected chi connectivity index (χ2v) is 4.41. The molecule has 1 aliphatic rings. The lowest BCUT2D eigenvalue weighted by atomic mass is 10.4. The Morgan fingerprint density at radius 2 is 2.30 bits per heavy atom. The molecule has 1 aliphatic carbocycles. The van der Waals surface area contributed by atoms with Crippen LogP contribution in [-0.4, -0.2) is 20.4 Å². The first-order valence-electron chi connectivity index (χ1n) is 2.88. The van der Waals surface area contributed by atoms with Crippen LogP contribution in [0.15, 0.2) is 29.5 Å². The van der Waals surface area contributed by atoms with Crippen molar-refractivity contribution in [2.75, 3.05) is 12.0 Å². The summed E-state index contributed by atoms with van der Waals surface area (Å²) in [6.45, 7) is 0. The Morgan fingerprint density at radius 3 is 2.70 bits per heavy atom. The summed E-state index contributed by atoms with van der Waals surface area (Å²) in [5.74, 6) is 0.0972. The first kappa shape index (κ1) is 7.32. The molecule has 1 rings (SSSR count). The van der Waals surface area contributed by atoms with Crippen LogP contribution in [0.2, 0.25) is 0 Å². The Hall–Kier alpha value is -0.790.